The first kappa shape index (κ1) is 15.9. The molecule has 0 amide bonds. The van der Waals surface area contributed by atoms with Crippen LogP contribution in [0.1, 0.15) is 38.3 Å². The lowest BCUT2D eigenvalue weighted by Crippen LogP contribution is -2.55. The average molecular weight is 292 g/mol. The van der Waals surface area contributed by atoms with Crippen molar-refractivity contribution >= 4 is 11.8 Å². The zero-order chi connectivity index (χ0) is 14.4. The predicted molar refractivity (Wildman–Crippen MR) is 90.4 cm³/mol. The van der Waals surface area contributed by atoms with Crippen LogP contribution in [0.4, 0.5) is 0 Å². The summed E-state index contributed by atoms with van der Waals surface area (Å²) in [5.41, 5.74) is 1.42. The summed E-state index contributed by atoms with van der Waals surface area (Å²) in [7, 11) is 0. The van der Waals surface area contributed by atoms with Crippen molar-refractivity contribution in [1.29, 1.82) is 0 Å². The molecule has 3 heteroatoms. The number of rotatable bonds is 6. The number of hydrogen-bond acceptors (Lipinski definition) is 3. The van der Waals surface area contributed by atoms with Gasteiger partial charge in [-0.3, -0.25) is 4.90 Å². The molecule has 1 aromatic rings. The zero-order valence-corrected chi connectivity index (χ0v) is 13.8. The van der Waals surface area contributed by atoms with E-state index in [1.807, 2.05) is 11.8 Å². The van der Waals surface area contributed by atoms with Crippen molar-refractivity contribution in [1.82, 2.24) is 10.2 Å². The Balaban J connectivity index is 2.03. The van der Waals surface area contributed by atoms with Crippen LogP contribution in [0.2, 0.25) is 0 Å². The third kappa shape index (κ3) is 4.00. The molecule has 2 rings (SSSR count). The van der Waals surface area contributed by atoms with Crippen LogP contribution in [0.5, 0.6) is 0 Å². The molecule has 0 radical (unpaired) electrons. The molecule has 0 bridgehead atoms. The monoisotopic (exact) mass is 292 g/mol. The van der Waals surface area contributed by atoms with Crippen molar-refractivity contribution < 1.29 is 0 Å². The van der Waals surface area contributed by atoms with E-state index in [4.69, 9.17) is 0 Å². The largest absolute Gasteiger partial charge is 0.307 e. The van der Waals surface area contributed by atoms with E-state index in [-0.39, 0.29) is 0 Å². The fourth-order valence-corrected chi connectivity index (χ4v) is 3.68. The van der Waals surface area contributed by atoms with Gasteiger partial charge in [-0.15, -0.1) is 0 Å². The number of thioether (sulfide) groups is 1. The van der Waals surface area contributed by atoms with Gasteiger partial charge in [-0.25, -0.2) is 0 Å². The van der Waals surface area contributed by atoms with Gasteiger partial charge in [-0.1, -0.05) is 37.3 Å². The van der Waals surface area contributed by atoms with Gasteiger partial charge in [0.25, 0.3) is 0 Å². The maximum atomic E-state index is 3.73. The van der Waals surface area contributed by atoms with E-state index in [2.05, 4.69) is 60.7 Å². The molecule has 3 atom stereocenters. The Hall–Kier alpha value is -0.510. The fourth-order valence-electron chi connectivity index (χ4n) is 3.10. The minimum atomic E-state index is 0.482. The Bertz CT molecular complexity index is 382. The first-order valence-corrected chi connectivity index (χ1v) is 9.18. The Kier molecular flexibility index (Phi) is 6.40. The minimum Gasteiger partial charge on any atom is -0.307 e. The van der Waals surface area contributed by atoms with Crippen LogP contribution in [0.25, 0.3) is 0 Å². The van der Waals surface area contributed by atoms with E-state index in [1.165, 1.54) is 24.2 Å². The van der Waals surface area contributed by atoms with E-state index < -0.39 is 0 Å². The molecule has 3 unspecified atom stereocenters. The van der Waals surface area contributed by atoms with Gasteiger partial charge in [0.05, 0.1) is 0 Å². The summed E-state index contributed by atoms with van der Waals surface area (Å²) in [6.07, 6.45) is 4.73. The Morgan fingerprint density at radius 1 is 1.35 bits per heavy atom. The summed E-state index contributed by atoms with van der Waals surface area (Å²) in [5, 5.41) is 3.73. The molecule has 1 aliphatic heterocycles. The average Bonchev–Trinajstić information content (AvgIpc) is 2.52. The number of nitrogens with one attached hydrogen (secondary N) is 1. The molecule has 1 N–H and O–H groups in total. The van der Waals surface area contributed by atoms with Crippen LogP contribution < -0.4 is 5.32 Å². The van der Waals surface area contributed by atoms with Gasteiger partial charge in [-0.2, -0.15) is 11.8 Å². The summed E-state index contributed by atoms with van der Waals surface area (Å²) in [4.78, 5) is 2.73. The van der Waals surface area contributed by atoms with Crippen LogP contribution in [0, 0.1) is 0 Å². The van der Waals surface area contributed by atoms with Crippen molar-refractivity contribution in [2.75, 3.05) is 25.1 Å². The molecular weight excluding hydrogens is 264 g/mol. The Labute approximate surface area is 128 Å². The van der Waals surface area contributed by atoms with Gasteiger partial charge in [0.2, 0.25) is 0 Å². The van der Waals surface area contributed by atoms with Crippen LogP contribution in [-0.2, 0) is 0 Å². The lowest BCUT2D eigenvalue weighted by atomic mass is 9.98. The van der Waals surface area contributed by atoms with E-state index in [0.29, 0.717) is 18.1 Å². The molecule has 0 aromatic heterocycles. The molecule has 20 heavy (non-hydrogen) atoms. The zero-order valence-electron chi connectivity index (χ0n) is 13.0. The Morgan fingerprint density at radius 3 is 2.75 bits per heavy atom. The smallest absolute Gasteiger partial charge is 0.0450 e. The topological polar surface area (TPSA) is 15.3 Å². The molecule has 1 heterocycles. The van der Waals surface area contributed by atoms with Crippen LogP contribution in [0.3, 0.4) is 0 Å². The van der Waals surface area contributed by atoms with Gasteiger partial charge < -0.3 is 5.32 Å². The molecule has 2 nitrogen and oxygen atoms in total. The quantitative estimate of drug-likeness (QED) is 0.863. The lowest BCUT2D eigenvalue weighted by molar-refractivity contribution is 0.0848. The maximum absolute atomic E-state index is 3.73. The van der Waals surface area contributed by atoms with Gasteiger partial charge in [0.1, 0.15) is 0 Å². The summed E-state index contributed by atoms with van der Waals surface area (Å²) in [6, 6.07) is 12.7. The number of hydrogen-bond donors (Lipinski definition) is 1. The second kappa shape index (κ2) is 8.06. The number of piperazine rings is 1. The van der Waals surface area contributed by atoms with Gasteiger partial charge in [0, 0.05) is 31.2 Å². The highest BCUT2D eigenvalue weighted by atomic mass is 32.2. The lowest BCUT2D eigenvalue weighted by Gasteiger charge is -2.43. The summed E-state index contributed by atoms with van der Waals surface area (Å²) >= 11 is 1.96. The maximum Gasteiger partial charge on any atom is 0.0450 e. The van der Waals surface area contributed by atoms with E-state index in [1.54, 1.807) is 0 Å². The van der Waals surface area contributed by atoms with Crippen molar-refractivity contribution in [3.05, 3.63) is 35.9 Å². The van der Waals surface area contributed by atoms with Crippen LogP contribution >= 0.6 is 11.8 Å². The molecule has 0 saturated carbocycles. The minimum absolute atomic E-state index is 0.482. The van der Waals surface area contributed by atoms with Crippen molar-refractivity contribution in [3.63, 3.8) is 0 Å². The Morgan fingerprint density at radius 2 is 2.10 bits per heavy atom. The predicted octanol–water partition coefficient (Wildman–Crippen LogP) is 3.55. The third-order valence-corrected chi connectivity index (χ3v) is 5.09. The SMILES string of the molecule is CCC1CNC(c2ccccc2)CN1C(C)CCSC. The highest BCUT2D eigenvalue weighted by molar-refractivity contribution is 7.98. The molecule has 112 valence electrons. The van der Waals surface area contributed by atoms with Gasteiger partial charge >= 0.3 is 0 Å². The molecular formula is C17H28N2S. The van der Waals surface area contributed by atoms with Crippen molar-refractivity contribution in [3.8, 4) is 0 Å². The van der Waals surface area contributed by atoms with Crippen LogP contribution in [0.15, 0.2) is 30.3 Å². The molecule has 1 saturated heterocycles. The molecule has 0 aliphatic carbocycles. The summed E-state index contributed by atoms with van der Waals surface area (Å²) < 4.78 is 0. The first-order chi connectivity index (χ1) is 9.76. The third-order valence-electron chi connectivity index (χ3n) is 4.44. The summed E-state index contributed by atoms with van der Waals surface area (Å²) in [5.74, 6) is 1.26. The molecule has 0 spiro atoms. The van der Waals surface area contributed by atoms with E-state index in [0.717, 1.165) is 13.1 Å². The molecule has 1 fully saturated rings. The van der Waals surface area contributed by atoms with Gasteiger partial charge in [0.15, 0.2) is 0 Å². The van der Waals surface area contributed by atoms with E-state index >= 15 is 0 Å². The van der Waals surface area contributed by atoms with Crippen LogP contribution in [-0.4, -0.2) is 42.1 Å². The summed E-state index contributed by atoms with van der Waals surface area (Å²) in [6.45, 7) is 6.95. The number of benzene rings is 1. The van der Waals surface area contributed by atoms with Crippen molar-refractivity contribution in [2.24, 2.45) is 0 Å². The second-order valence-electron chi connectivity index (χ2n) is 5.76. The molecule has 1 aromatic carbocycles. The van der Waals surface area contributed by atoms with Gasteiger partial charge in [-0.05, 0) is 37.3 Å². The standard InChI is InChI=1S/C17H28N2S/c1-4-16-12-18-17(15-8-6-5-7-9-15)13-19(16)14(2)10-11-20-3/h5-9,14,16-18H,4,10-13H2,1-3H3. The van der Waals surface area contributed by atoms with E-state index in [9.17, 15) is 0 Å². The highest BCUT2D eigenvalue weighted by Gasteiger charge is 2.30. The normalized spacial score (nSPS) is 25.6. The highest BCUT2D eigenvalue weighted by Crippen LogP contribution is 2.24. The van der Waals surface area contributed by atoms with Crippen molar-refractivity contribution in [2.45, 2.75) is 44.8 Å². The molecule has 1 aliphatic rings. The fraction of sp³-hybridized carbons (Fsp3) is 0.647. The number of nitrogens with zero attached hydrogens (tertiary/aromatic N) is 1. The first-order valence-electron chi connectivity index (χ1n) is 7.79. The second-order valence-corrected chi connectivity index (χ2v) is 6.75.